The maximum absolute atomic E-state index is 2.46. The second-order valence-electron chi connectivity index (χ2n) is 18.2. The lowest BCUT2D eigenvalue weighted by atomic mass is 9.79. The zero-order chi connectivity index (χ0) is 39.6. The summed E-state index contributed by atoms with van der Waals surface area (Å²) in [6.07, 6.45) is 0. The summed E-state index contributed by atoms with van der Waals surface area (Å²) in [4.78, 5) is 2.46. The van der Waals surface area contributed by atoms with Crippen molar-refractivity contribution < 1.29 is 0 Å². The molecule has 0 amide bonds. The molecule has 0 saturated heterocycles. The summed E-state index contributed by atoms with van der Waals surface area (Å²) in [5.74, 6) is 0. The van der Waals surface area contributed by atoms with Crippen LogP contribution >= 0.6 is 0 Å². The van der Waals surface area contributed by atoms with Crippen molar-refractivity contribution in [3.63, 3.8) is 0 Å². The number of benzene rings is 8. The lowest BCUT2D eigenvalue weighted by molar-refractivity contribution is 0.660. The summed E-state index contributed by atoms with van der Waals surface area (Å²) in [6, 6.07) is 66.1. The Labute approximate surface area is 343 Å². The van der Waals surface area contributed by atoms with Gasteiger partial charge in [-0.05, 0) is 131 Å². The van der Waals surface area contributed by atoms with Gasteiger partial charge >= 0.3 is 0 Å². The number of hydrogen-bond donors (Lipinski definition) is 0. The van der Waals surface area contributed by atoms with Crippen molar-refractivity contribution in [3.05, 3.63) is 209 Å². The molecule has 0 unspecified atom stereocenters. The molecule has 0 radical (unpaired) electrons. The van der Waals surface area contributed by atoms with Gasteiger partial charge in [-0.15, -0.1) is 0 Å². The van der Waals surface area contributed by atoms with Crippen molar-refractivity contribution in [2.45, 2.75) is 57.8 Å². The van der Waals surface area contributed by atoms with Gasteiger partial charge in [-0.1, -0.05) is 175 Å². The first-order chi connectivity index (χ1) is 28.0. The molecule has 0 spiro atoms. The molecule has 0 N–H and O–H groups in total. The molecule has 0 heterocycles. The van der Waals surface area contributed by atoms with E-state index < -0.39 is 0 Å². The van der Waals surface area contributed by atoms with E-state index in [-0.39, 0.29) is 16.2 Å². The van der Waals surface area contributed by atoms with E-state index in [4.69, 9.17) is 0 Å². The SMILES string of the molecule is CC1(C)c2ccccc2-c2ccc(-c3ccc(N(c4cccc(-c5cccc6c5C(C)(C)c5ccccc5-6)c4)c4ccc5c(c4)C(C)(C)c4ccccc4-5)cc3)cc21. The Bertz CT molecular complexity index is 2970. The molecule has 3 aliphatic carbocycles. The third-order valence-corrected chi connectivity index (χ3v) is 13.9. The van der Waals surface area contributed by atoms with Gasteiger partial charge in [0.05, 0.1) is 0 Å². The minimum Gasteiger partial charge on any atom is -0.310 e. The Balaban J connectivity index is 1.04. The van der Waals surface area contributed by atoms with Crippen LogP contribution in [0.4, 0.5) is 17.1 Å². The van der Waals surface area contributed by atoms with E-state index in [9.17, 15) is 0 Å². The summed E-state index contributed by atoms with van der Waals surface area (Å²) >= 11 is 0. The van der Waals surface area contributed by atoms with Crippen LogP contribution in [0.3, 0.4) is 0 Å². The van der Waals surface area contributed by atoms with E-state index in [1.165, 1.54) is 89.0 Å². The number of rotatable bonds is 5. The van der Waals surface area contributed by atoms with E-state index in [2.05, 4.69) is 222 Å². The van der Waals surface area contributed by atoms with Crippen molar-refractivity contribution in [2.24, 2.45) is 0 Å². The molecule has 0 aliphatic heterocycles. The number of fused-ring (bicyclic) bond motifs is 9. The molecule has 0 atom stereocenters. The van der Waals surface area contributed by atoms with Crippen LogP contribution in [0.5, 0.6) is 0 Å². The van der Waals surface area contributed by atoms with Crippen molar-refractivity contribution in [1.29, 1.82) is 0 Å². The number of nitrogens with zero attached hydrogens (tertiary/aromatic N) is 1. The molecule has 0 fully saturated rings. The van der Waals surface area contributed by atoms with Crippen molar-refractivity contribution >= 4 is 17.1 Å². The molecule has 1 nitrogen and oxygen atoms in total. The predicted octanol–water partition coefficient (Wildman–Crippen LogP) is 15.4. The minimum absolute atomic E-state index is 0.0401. The van der Waals surface area contributed by atoms with Gasteiger partial charge in [-0.2, -0.15) is 0 Å². The fourth-order valence-corrected chi connectivity index (χ4v) is 10.9. The molecule has 3 aliphatic rings. The van der Waals surface area contributed by atoms with E-state index in [1.54, 1.807) is 0 Å². The van der Waals surface area contributed by atoms with E-state index in [0.717, 1.165) is 17.1 Å². The third-order valence-electron chi connectivity index (χ3n) is 13.9. The molecule has 58 heavy (non-hydrogen) atoms. The minimum atomic E-state index is -0.107. The first-order valence-electron chi connectivity index (χ1n) is 20.8. The molecular weight excluding hydrogens is 699 g/mol. The highest BCUT2D eigenvalue weighted by Crippen LogP contribution is 2.54. The highest BCUT2D eigenvalue weighted by molar-refractivity contribution is 5.91. The number of anilines is 3. The Morgan fingerprint density at radius 1 is 0.276 bits per heavy atom. The zero-order valence-electron chi connectivity index (χ0n) is 34.2. The van der Waals surface area contributed by atoms with Crippen LogP contribution in [-0.2, 0) is 16.2 Å². The quantitative estimate of drug-likeness (QED) is 0.170. The van der Waals surface area contributed by atoms with Crippen LogP contribution in [0.1, 0.15) is 74.9 Å². The highest BCUT2D eigenvalue weighted by atomic mass is 15.1. The Kier molecular flexibility index (Phi) is 7.36. The molecular formula is C57H47N. The van der Waals surface area contributed by atoms with Crippen LogP contribution in [-0.4, -0.2) is 0 Å². The van der Waals surface area contributed by atoms with E-state index in [1.807, 2.05) is 0 Å². The van der Waals surface area contributed by atoms with Crippen LogP contribution in [0, 0.1) is 0 Å². The molecule has 8 aromatic rings. The van der Waals surface area contributed by atoms with Crippen LogP contribution < -0.4 is 4.90 Å². The second-order valence-corrected chi connectivity index (χ2v) is 18.2. The fraction of sp³-hybridized carbons (Fsp3) is 0.158. The van der Waals surface area contributed by atoms with Gasteiger partial charge in [0.25, 0.3) is 0 Å². The molecule has 280 valence electrons. The summed E-state index contributed by atoms with van der Waals surface area (Å²) in [5, 5.41) is 0. The fourth-order valence-electron chi connectivity index (χ4n) is 10.9. The Hall–Kier alpha value is -6.44. The van der Waals surface area contributed by atoms with Crippen LogP contribution in [0.2, 0.25) is 0 Å². The maximum atomic E-state index is 2.46. The Morgan fingerprint density at radius 3 is 1.38 bits per heavy atom. The third kappa shape index (κ3) is 4.89. The average molecular weight is 746 g/mol. The summed E-state index contributed by atoms with van der Waals surface area (Å²) in [5.41, 5.74) is 24.6. The molecule has 0 aromatic heterocycles. The van der Waals surface area contributed by atoms with Crippen molar-refractivity contribution in [2.75, 3.05) is 4.90 Å². The van der Waals surface area contributed by atoms with E-state index in [0.29, 0.717) is 0 Å². The Morgan fingerprint density at radius 2 is 0.724 bits per heavy atom. The lowest BCUT2D eigenvalue weighted by Gasteiger charge is -2.29. The highest BCUT2D eigenvalue weighted by Gasteiger charge is 2.39. The second kappa shape index (κ2) is 12.3. The van der Waals surface area contributed by atoms with Crippen LogP contribution in [0.25, 0.3) is 55.6 Å². The topological polar surface area (TPSA) is 3.24 Å². The maximum Gasteiger partial charge on any atom is 0.0467 e. The first kappa shape index (κ1) is 34.8. The normalized spacial score (nSPS) is 15.5. The van der Waals surface area contributed by atoms with Gasteiger partial charge in [0.15, 0.2) is 0 Å². The summed E-state index contributed by atoms with van der Waals surface area (Å²) in [6.45, 7) is 14.2. The molecule has 8 aromatic carbocycles. The first-order valence-corrected chi connectivity index (χ1v) is 20.8. The number of hydrogen-bond acceptors (Lipinski definition) is 1. The van der Waals surface area contributed by atoms with Crippen LogP contribution in [0.15, 0.2) is 176 Å². The molecule has 1 heteroatoms. The standard InChI is InChI=1S/C57H47N/c1-55(2)49-22-10-7-17-43(49)46-31-27-37(34-52(46)55)36-25-28-39(29-26-36)58(41-30-32-47-44-18-8-11-23-50(44)56(3,4)53(47)35-41)40-16-13-15-38(33-40)42-20-14-21-48-45-19-9-12-24-51(45)57(5,6)54(42)48/h7-35H,1-6H3. The molecule has 11 rings (SSSR count). The van der Waals surface area contributed by atoms with Gasteiger partial charge in [0.2, 0.25) is 0 Å². The van der Waals surface area contributed by atoms with Gasteiger partial charge in [0.1, 0.15) is 0 Å². The smallest absolute Gasteiger partial charge is 0.0467 e. The van der Waals surface area contributed by atoms with E-state index >= 15 is 0 Å². The van der Waals surface area contributed by atoms with Gasteiger partial charge in [0, 0.05) is 33.3 Å². The van der Waals surface area contributed by atoms with Crippen molar-refractivity contribution in [1.82, 2.24) is 0 Å². The predicted molar refractivity (Wildman–Crippen MR) is 245 cm³/mol. The summed E-state index contributed by atoms with van der Waals surface area (Å²) in [7, 11) is 0. The van der Waals surface area contributed by atoms with Gasteiger partial charge in [-0.3, -0.25) is 0 Å². The largest absolute Gasteiger partial charge is 0.310 e. The van der Waals surface area contributed by atoms with Gasteiger partial charge < -0.3 is 4.90 Å². The monoisotopic (exact) mass is 745 g/mol. The zero-order valence-corrected chi connectivity index (χ0v) is 34.2. The summed E-state index contributed by atoms with van der Waals surface area (Å²) < 4.78 is 0. The van der Waals surface area contributed by atoms with Gasteiger partial charge in [-0.25, -0.2) is 0 Å². The molecule has 0 saturated carbocycles. The molecule has 0 bridgehead atoms. The van der Waals surface area contributed by atoms with Crippen molar-refractivity contribution in [3.8, 4) is 55.6 Å². The lowest BCUT2D eigenvalue weighted by Crippen LogP contribution is -2.17. The average Bonchev–Trinajstić information content (AvgIpc) is 3.74.